The lowest BCUT2D eigenvalue weighted by Crippen LogP contribution is -2.49. The summed E-state index contributed by atoms with van der Waals surface area (Å²) in [5.41, 5.74) is 1.74. The number of hydrogen-bond acceptors (Lipinski definition) is 3. The lowest BCUT2D eigenvalue weighted by atomic mass is 9.49. The Morgan fingerprint density at radius 2 is 1.83 bits per heavy atom. The molecule has 0 aromatic heterocycles. The number of hydrogen-bond donors (Lipinski definition) is 0. The van der Waals surface area contributed by atoms with Crippen molar-refractivity contribution in [2.75, 3.05) is 14.2 Å². The monoisotopic (exact) mass is 320 g/mol. The maximum atomic E-state index is 11.7. The largest absolute Gasteiger partial charge is 0.466 e. The summed E-state index contributed by atoms with van der Waals surface area (Å²) >= 11 is 0. The highest BCUT2D eigenvalue weighted by molar-refractivity contribution is 5.83. The molecule has 130 valence electrons. The van der Waals surface area contributed by atoms with Crippen LogP contribution in [0.2, 0.25) is 0 Å². The van der Waals surface area contributed by atoms with Crippen molar-refractivity contribution in [3.63, 3.8) is 0 Å². The molecule has 3 nitrogen and oxygen atoms in total. The molecule has 23 heavy (non-hydrogen) atoms. The molecule has 3 heteroatoms. The molecule has 0 unspecified atom stereocenters. The smallest absolute Gasteiger partial charge is 0.330 e. The average Bonchev–Trinajstić information content (AvgIpc) is 2.86. The van der Waals surface area contributed by atoms with Gasteiger partial charge in [0.15, 0.2) is 0 Å². The normalized spacial score (nSPS) is 43.8. The van der Waals surface area contributed by atoms with E-state index in [-0.39, 0.29) is 11.4 Å². The van der Waals surface area contributed by atoms with Crippen molar-refractivity contribution in [1.29, 1.82) is 0 Å². The number of carbonyl (C=O) groups excluding carboxylic acids is 1. The summed E-state index contributed by atoms with van der Waals surface area (Å²) in [5.74, 6) is 2.04. The fraction of sp³-hybridized carbons (Fsp3) is 0.850. The molecule has 0 amide bonds. The van der Waals surface area contributed by atoms with Crippen LogP contribution in [-0.4, -0.2) is 26.3 Å². The summed E-state index contributed by atoms with van der Waals surface area (Å²) < 4.78 is 10.7. The van der Waals surface area contributed by atoms with Gasteiger partial charge in [0, 0.05) is 13.2 Å². The van der Waals surface area contributed by atoms with Gasteiger partial charge in [-0.2, -0.15) is 0 Å². The minimum Gasteiger partial charge on any atom is -0.466 e. The zero-order valence-electron chi connectivity index (χ0n) is 15.4. The fourth-order valence-electron chi connectivity index (χ4n) is 6.27. The van der Waals surface area contributed by atoms with Gasteiger partial charge in [0.25, 0.3) is 0 Å². The second-order valence-corrected chi connectivity index (χ2v) is 8.68. The van der Waals surface area contributed by atoms with E-state index in [9.17, 15) is 4.79 Å². The molecular weight excluding hydrogens is 288 g/mol. The van der Waals surface area contributed by atoms with Gasteiger partial charge in [0.2, 0.25) is 0 Å². The molecule has 3 aliphatic rings. The topological polar surface area (TPSA) is 35.5 Å². The standard InChI is InChI=1S/C20H32O3/c1-19(2)13(12-18(21)23-5)6-7-14-15(19)10-11-20(3)16(14)8-9-17(20)22-4/h12,14-17H,6-11H2,1-5H3/b13-12+/t14-,15+,16+,17+,20+/m1/s1. The number of methoxy groups -OCH3 is 2. The molecule has 3 fully saturated rings. The Morgan fingerprint density at radius 3 is 2.48 bits per heavy atom. The summed E-state index contributed by atoms with van der Waals surface area (Å²) in [4.78, 5) is 11.7. The Hall–Kier alpha value is -0.830. The molecule has 0 heterocycles. The third-order valence-electron chi connectivity index (χ3n) is 7.63. The Balaban J connectivity index is 1.86. The molecule has 0 aromatic carbocycles. The van der Waals surface area contributed by atoms with Gasteiger partial charge in [-0.15, -0.1) is 0 Å². The van der Waals surface area contributed by atoms with Gasteiger partial charge in [0.05, 0.1) is 13.2 Å². The highest BCUT2D eigenvalue weighted by atomic mass is 16.5. The molecular formula is C20H32O3. The molecule has 3 rings (SSSR count). The van der Waals surface area contributed by atoms with E-state index in [1.807, 2.05) is 7.11 Å². The number of rotatable bonds is 2. The SMILES string of the molecule is COC(=O)/C=C1\CC[C@@H]2[C@H](CC[C@]3(C)[C@@H](OC)CC[C@@H]23)C1(C)C. The predicted octanol–water partition coefficient (Wildman–Crippen LogP) is 4.36. The third-order valence-corrected chi connectivity index (χ3v) is 7.63. The van der Waals surface area contributed by atoms with Crippen molar-refractivity contribution < 1.29 is 14.3 Å². The van der Waals surface area contributed by atoms with E-state index < -0.39 is 0 Å². The number of allylic oxidation sites excluding steroid dienone is 1. The summed E-state index contributed by atoms with van der Waals surface area (Å²) in [5, 5.41) is 0. The van der Waals surface area contributed by atoms with Crippen molar-refractivity contribution in [2.24, 2.45) is 28.6 Å². The van der Waals surface area contributed by atoms with Gasteiger partial charge in [-0.05, 0) is 67.1 Å². The first-order valence-corrected chi connectivity index (χ1v) is 9.16. The van der Waals surface area contributed by atoms with Gasteiger partial charge in [0.1, 0.15) is 0 Å². The maximum Gasteiger partial charge on any atom is 0.330 e. The first-order chi connectivity index (χ1) is 10.8. The van der Waals surface area contributed by atoms with Crippen molar-refractivity contribution in [3.8, 4) is 0 Å². The van der Waals surface area contributed by atoms with E-state index >= 15 is 0 Å². The van der Waals surface area contributed by atoms with Crippen LogP contribution >= 0.6 is 0 Å². The third kappa shape index (κ3) is 2.56. The van der Waals surface area contributed by atoms with E-state index in [4.69, 9.17) is 9.47 Å². The summed E-state index contributed by atoms with van der Waals surface area (Å²) in [6.45, 7) is 7.13. The van der Waals surface area contributed by atoms with Crippen LogP contribution in [0.3, 0.4) is 0 Å². The number of carbonyl (C=O) groups is 1. The van der Waals surface area contributed by atoms with Gasteiger partial charge in [-0.25, -0.2) is 4.79 Å². The maximum absolute atomic E-state index is 11.7. The van der Waals surface area contributed by atoms with Gasteiger partial charge in [-0.1, -0.05) is 26.3 Å². The lowest BCUT2D eigenvalue weighted by Gasteiger charge is -2.56. The highest BCUT2D eigenvalue weighted by Crippen LogP contribution is 2.64. The molecule has 3 aliphatic carbocycles. The van der Waals surface area contributed by atoms with E-state index in [1.54, 1.807) is 6.08 Å². The quantitative estimate of drug-likeness (QED) is 0.560. The highest BCUT2D eigenvalue weighted by Gasteiger charge is 2.57. The Bertz CT molecular complexity index is 507. The van der Waals surface area contributed by atoms with Crippen molar-refractivity contribution in [2.45, 2.75) is 65.4 Å². The Kier molecular flexibility index (Phi) is 4.37. The van der Waals surface area contributed by atoms with E-state index in [1.165, 1.54) is 44.8 Å². The van der Waals surface area contributed by atoms with Crippen LogP contribution in [0.4, 0.5) is 0 Å². The van der Waals surface area contributed by atoms with Crippen LogP contribution in [0.25, 0.3) is 0 Å². The zero-order valence-corrected chi connectivity index (χ0v) is 15.4. The van der Waals surface area contributed by atoms with Crippen LogP contribution in [0, 0.1) is 28.6 Å². The molecule has 3 saturated carbocycles. The first-order valence-electron chi connectivity index (χ1n) is 9.16. The molecule has 0 aliphatic heterocycles. The molecule has 0 radical (unpaired) electrons. The predicted molar refractivity (Wildman–Crippen MR) is 91.0 cm³/mol. The molecule has 0 saturated heterocycles. The second-order valence-electron chi connectivity index (χ2n) is 8.68. The van der Waals surface area contributed by atoms with Gasteiger partial charge >= 0.3 is 5.97 Å². The fourth-order valence-corrected chi connectivity index (χ4v) is 6.27. The lowest BCUT2D eigenvalue weighted by molar-refractivity contribution is -0.135. The molecule has 0 spiro atoms. The molecule has 0 aromatic rings. The summed E-state index contributed by atoms with van der Waals surface area (Å²) in [6.07, 6.45) is 9.48. The zero-order chi connectivity index (χ0) is 16.8. The van der Waals surface area contributed by atoms with Crippen molar-refractivity contribution in [3.05, 3.63) is 11.6 Å². The second kappa shape index (κ2) is 5.91. The van der Waals surface area contributed by atoms with Crippen LogP contribution in [-0.2, 0) is 14.3 Å². The van der Waals surface area contributed by atoms with E-state index in [0.717, 1.165) is 18.3 Å². The van der Waals surface area contributed by atoms with Crippen LogP contribution in [0.5, 0.6) is 0 Å². The molecule has 5 atom stereocenters. The minimum absolute atomic E-state index is 0.101. The minimum atomic E-state index is -0.201. The van der Waals surface area contributed by atoms with Gasteiger partial charge < -0.3 is 9.47 Å². The van der Waals surface area contributed by atoms with Crippen molar-refractivity contribution in [1.82, 2.24) is 0 Å². The van der Waals surface area contributed by atoms with Crippen LogP contribution in [0.1, 0.15) is 59.3 Å². The van der Waals surface area contributed by atoms with E-state index in [2.05, 4.69) is 20.8 Å². The summed E-state index contributed by atoms with van der Waals surface area (Å²) in [7, 11) is 3.35. The Labute approximate surface area is 140 Å². The van der Waals surface area contributed by atoms with Crippen molar-refractivity contribution >= 4 is 5.97 Å². The molecule has 0 N–H and O–H groups in total. The molecule has 0 bridgehead atoms. The summed E-state index contributed by atoms with van der Waals surface area (Å²) in [6, 6.07) is 0. The van der Waals surface area contributed by atoms with Crippen LogP contribution in [0.15, 0.2) is 11.6 Å². The number of esters is 1. The number of fused-ring (bicyclic) bond motifs is 3. The first kappa shape index (κ1) is 17.0. The average molecular weight is 320 g/mol. The van der Waals surface area contributed by atoms with E-state index in [0.29, 0.717) is 17.4 Å². The van der Waals surface area contributed by atoms with Gasteiger partial charge in [-0.3, -0.25) is 0 Å². The van der Waals surface area contributed by atoms with Crippen LogP contribution < -0.4 is 0 Å². The number of ether oxygens (including phenoxy) is 2. The Morgan fingerprint density at radius 1 is 1.09 bits per heavy atom.